The predicted octanol–water partition coefficient (Wildman–Crippen LogP) is 1.82. The van der Waals surface area contributed by atoms with Crippen molar-refractivity contribution in [2.75, 3.05) is 34.3 Å². The van der Waals surface area contributed by atoms with Crippen LogP contribution in [0.1, 0.15) is 0 Å². The Morgan fingerprint density at radius 1 is 1.40 bits per heavy atom. The summed E-state index contributed by atoms with van der Waals surface area (Å²) < 4.78 is 14.8. The first kappa shape index (κ1) is 15.2. The van der Waals surface area contributed by atoms with Crippen molar-refractivity contribution in [2.24, 2.45) is 0 Å². The van der Waals surface area contributed by atoms with E-state index in [0.717, 1.165) is 16.4 Å². The van der Waals surface area contributed by atoms with Gasteiger partial charge in [0.25, 0.3) is 0 Å². The molecule has 0 N–H and O–H groups in total. The highest BCUT2D eigenvalue weighted by atomic mass is 32.9. The number of carbonyl (C=O) groups excluding carboxylic acids is 1. The number of carbonyl (C=O) groups is 1. The van der Waals surface area contributed by atoms with Gasteiger partial charge in [0.05, 0.1) is 7.11 Å². The first-order chi connectivity index (χ1) is 6.99. The Hall–Kier alpha value is 0.150. The molecule has 0 saturated carbocycles. The molecule has 0 aliphatic rings. The number of amides is 1. The molecule has 0 bridgehead atoms. The summed E-state index contributed by atoms with van der Waals surface area (Å²) in [5, 5.41) is 0.962. The fourth-order valence-electron chi connectivity index (χ4n) is 0.487. The summed E-state index contributed by atoms with van der Waals surface area (Å²) in [5.74, 6) is 0.0610. The molecule has 0 unspecified atom stereocenters. The van der Waals surface area contributed by atoms with E-state index in [1.165, 1.54) is 28.4 Å². The zero-order valence-electron chi connectivity index (χ0n) is 8.96. The first-order valence-electron chi connectivity index (χ1n) is 3.79. The van der Waals surface area contributed by atoms with E-state index < -0.39 is 11.8 Å². The van der Waals surface area contributed by atoms with Gasteiger partial charge in [-0.3, -0.25) is 4.84 Å². The lowest BCUT2D eigenvalue weighted by Gasteiger charge is -2.17. The summed E-state index contributed by atoms with van der Waals surface area (Å²) in [6, 6.07) is 0. The van der Waals surface area contributed by atoms with Gasteiger partial charge in [0.1, 0.15) is 5.94 Å². The third-order valence-corrected chi connectivity index (χ3v) is 6.81. The van der Waals surface area contributed by atoms with Crippen molar-refractivity contribution in [3.8, 4) is 0 Å². The van der Waals surface area contributed by atoms with Crippen LogP contribution in [-0.4, -0.2) is 45.5 Å². The second-order valence-corrected chi connectivity index (χ2v) is 8.62. The van der Waals surface area contributed by atoms with Gasteiger partial charge in [-0.25, -0.2) is 4.79 Å². The summed E-state index contributed by atoms with van der Waals surface area (Å²) in [5.41, 5.74) is -2.36. The second kappa shape index (κ2) is 7.43. The molecule has 0 aromatic rings. The van der Waals surface area contributed by atoms with E-state index in [9.17, 15) is 4.79 Å². The minimum atomic E-state index is -2.36. The van der Waals surface area contributed by atoms with Crippen LogP contribution in [0.4, 0.5) is 4.79 Å². The lowest BCUT2D eigenvalue weighted by molar-refractivity contribution is -0.0872. The van der Waals surface area contributed by atoms with Gasteiger partial charge in [0.15, 0.2) is 0 Å². The summed E-state index contributed by atoms with van der Waals surface area (Å²) in [4.78, 5) is 15.7. The van der Waals surface area contributed by atoms with Crippen molar-refractivity contribution in [1.82, 2.24) is 5.06 Å². The van der Waals surface area contributed by atoms with E-state index in [-0.39, 0.29) is 5.94 Å². The lowest BCUT2D eigenvalue weighted by Crippen LogP contribution is -2.26. The molecule has 15 heavy (non-hydrogen) atoms. The third kappa shape index (κ3) is 5.70. The molecule has 0 aromatic heterocycles. The maximum Gasteiger partial charge on any atom is 0.434 e. The Labute approximate surface area is 98.1 Å². The molecule has 9 heteroatoms. The molecular formula is C6H14NO5PS2. The number of hydrogen-bond donors (Lipinski definition) is 0. The van der Waals surface area contributed by atoms with Gasteiger partial charge in [-0.05, 0) is 23.2 Å². The first-order valence-corrected chi connectivity index (χ1v) is 8.02. The molecule has 0 heterocycles. The van der Waals surface area contributed by atoms with Crippen molar-refractivity contribution in [2.45, 2.75) is 0 Å². The number of hydroxylamine groups is 2. The Balaban J connectivity index is 3.89. The van der Waals surface area contributed by atoms with E-state index in [1.807, 2.05) is 0 Å². The van der Waals surface area contributed by atoms with Gasteiger partial charge in [-0.2, -0.15) is 5.06 Å². The zero-order chi connectivity index (χ0) is 11.9. The number of hydrogen-bond acceptors (Lipinski definition) is 7. The fraction of sp³-hybridized carbons (Fsp3) is 0.833. The monoisotopic (exact) mass is 275 g/mol. The molecule has 0 radical (unpaired) electrons. The van der Waals surface area contributed by atoms with E-state index >= 15 is 0 Å². The molecule has 6 nitrogen and oxygen atoms in total. The Kier molecular flexibility index (Phi) is 7.50. The summed E-state index contributed by atoms with van der Waals surface area (Å²) in [7, 11) is 5.72. The normalized spacial score (nSPS) is 11.2. The molecule has 0 aromatic carbocycles. The van der Waals surface area contributed by atoms with Crippen LogP contribution in [0.3, 0.4) is 0 Å². The van der Waals surface area contributed by atoms with Crippen LogP contribution in [0.25, 0.3) is 0 Å². The highest BCUT2D eigenvalue weighted by Crippen LogP contribution is 2.59. The molecular weight excluding hydrogens is 261 g/mol. The Bertz CT molecular complexity index is 244. The number of ether oxygens (including phenoxy) is 1. The number of nitrogens with zero attached hydrogens (tertiary/aromatic N) is 1. The molecule has 0 aliphatic carbocycles. The largest absolute Gasteiger partial charge is 0.436 e. The second-order valence-electron chi connectivity index (χ2n) is 2.15. The third-order valence-electron chi connectivity index (χ3n) is 1.37. The summed E-state index contributed by atoms with van der Waals surface area (Å²) >= 11 is 6.18. The summed E-state index contributed by atoms with van der Waals surface area (Å²) in [6.45, 7) is 0. The van der Waals surface area contributed by atoms with Gasteiger partial charge in [0.2, 0.25) is 5.69 Å². The van der Waals surface area contributed by atoms with Gasteiger partial charge in [-0.1, -0.05) is 0 Å². The van der Waals surface area contributed by atoms with Crippen LogP contribution < -0.4 is 0 Å². The van der Waals surface area contributed by atoms with E-state index in [1.54, 1.807) is 0 Å². The van der Waals surface area contributed by atoms with Crippen molar-refractivity contribution in [3.63, 3.8) is 0 Å². The van der Waals surface area contributed by atoms with Crippen LogP contribution in [0.5, 0.6) is 0 Å². The van der Waals surface area contributed by atoms with Crippen LogP contribution in [0.2, 0.25) is 0 Å². The van der Waals surface area contributed by atoms with Crippen LogP contribution in [-0.2, 0) is 30.4 Å². The van der Waals surface area contributed by atoms with Crippen LogP contribution >= 0.6 is 17.1 Å². The summed E-state index contributed by atoms with van der Waals surface area (Å²) in [6.07, 6.45) is -0.598. The maximum atomic E-state index is 11.1. The fourth-order valence-corrected chi connectivity index (χ4v) is 2.69. The number of rotatable bonds is 6. The maximum absolute atomic E-state index is 11.1. The standard InChI is InChI=1S/C6H14NO5PS2/c1-7(9-2)6(8)12-5-15-13(14,10-3)11-4/h5H2,1-4H3. The van der Waals surface area contributed by atoms with Crippen molar-refractivity contribution < 1.29 is 23.4 Å². The molecule has 0 saturated heterocycles. The van der Waals surface area contributed by atoms with Crippen molar-refractivity contribution >= 4 is 35.0 Å². The highest BCUT2D eigenvalue weighted by molar-refractivity contribution is 8.67. The Morgan fingerprint density at radius 2 is 1.93 bits per heavy atom. The van der Waals surface area contributed by atoms with E-state index in [2.05, 4.69) is 4.84 Å². The topological polar surface area (TPSA) is 57.2 Å². The van der Waals surface area contributed by atoms with Crippen molar-refractivity contribution in [3.05, 3.63) is 0 Å². The van der Waals surface area contributed by atoms with Crippen LogP contribution in [0, 0.1) is 0 Å². The quantitative estimate of drug-likeness (QED) is 0.416. The smallest absolute Gasteiger partial charge is 0.434 e. The Morgan fingerprint density at radius 3 is 2.33 bits per heavy atom. The van der Waals surface area contributed by atoms with Gasteiger partial charge >= 0.3 is 6.09 Å². The molecule has 0 spiro atoms. The predicted molar refractivity (Wildman–Crippen MR) is 62.0 cm³/mol. The zero-order valence-corrected chi connectivity index (χ0v) is 11.5. The van der Waals surface area contributed by atoms with Crippen LogP contribution in [0.15, 0.2) is 0 Å². The lowest BCUT2D eigenvalue weighted by atomic mass is 11.1. The minimum Gasteiger partial charge on any atom is -0.436 e. The molecule has 90 valence electrons. The molecule has 1 amide bonds. The highest BCUT2D eigenvalue weighted by Gasteiger charge is 2.18. The van der Waals surface area contributed by atoms with Gasteiger partial charge in [0, 0.05) is 21.3 Å². The van der Waals surface area contributed by atoms with Gasteiger partial charge < -0.3 is 13.8 Å². The SMILES string of the molecule is CON(C)C(=O)OCSP(=S)(OC)OC. The molecule has 0 fully saturated rings. The van der Waals surface area contributed by atoms with E-state index in [0.29, 0.717) is 0 Å². The molecule has 0 rings (SSSR count). The molecule has 0 aliphatic heterocycles. The van der Waals surface area contributed by atoms with Crippen molar-refractivity contribution in [1.29, 1.82) is 0 Å². The minimum absolute atomic E-state index is 0.0610. The molecule has 0 atom stereocenters. The average Bonchev–Trinajstić information content (AvgIpc) is 2.27. The van der Waals surface area contributed by atoms with E-state index in [4.69, 9.17) is 25.6 Å². The average molecular weight is 275 g/mol. The van der Waals surface area contributed by atoms with Gasteiger partial charge in [-0.15, -0.1) is 0 Å².